The lowest BCUT2D eigenvalue weighted by molar-refractivity contribution is -0.124. The van der Waals surface area contributed by atoms with Gasteiger partial charge in [-0.2, -0.15) is 10.2 Å². The van der Waals surface area contributed by atoms with Crippen molar-refractivity contribution in [1.82, 2.24) is 24.9 Å². The molecule has 0 saturated carbocycles. The summed E-state index contributed by atoms with van der Waals surface area (Å²) in [6.45, 7) is 4.40. The van der Waals surface area contributed by atoms with Crippen molar-refractivity contribution < 1.29 is 14.3 Å². The molecule has 1 N–H and O–H groups in total. The van der Waals surface area contributed by atoms with E-state index in [1.807, 2.05) is 43.3 Å². The smallest absolute Gasteiger partial charge is 0.267 e. The summed E-state index contributed by atoms with van der Waals surface area (Å²) < 4.78 is 13.1. The van der Waals surface area contributed by atoms with Crippen molar-refractivity contribution in [2.24, 2.45) is 0 Å². The van der Waals surface area contributed by atoms with Crippen LogP contribution in [-0.2, 0) is 11.3 Å². The predicted octanol–water partition coefficient (Wildman–Crippen LogP) is 2.92. The molecule has 1 amide bonds. The van der Waals surface area contributed by atoms with E-state index in [4.69, 9.17) is 9.47 Å². The van der Waals surface area contributed by atoms with Crippen molar-refractivity contribution >= 4 is 5.91 Å². The third-order valence-corrected chi connectivity index (χ3v) is 5.91. The Hall–Kier alpha value is -4.73. The lowest BCUT2D eigenvalue weighted by Gasteiger charge is -2.15. The highest BCUT2D eigenvalue weighted by Crippen LogP contribution is 2.21. The van der Waals surface area contributed by atoms with Crippen LogP contribution in [0.5, 0.6) is 11.5 Å². The molecule has 1 atom stereocenters. The van der Waals surface area contributed by atoms with Gasteiger partial charge in [-0.25, -0.2) is 9.36 Å². The van der Waals surface area contributed by atoms with Crippen LogP contribution < -0.4 is 25.9 Å². The molecule has 2 heterocycles. The van der Waals surface area contributed by atoms with Gasteiger partial charge in [0.15, 0.2) is 0 Å². The molecular weight excluding hydrogens is 486 g/mol. The number of ether oxygens (including phenoxy) is 2. The van der Waals surface area contributed by atoms with Crippen LogP contribution in [0.15, 0.2) is 82.4 Å². The quantitative estimate of drug-likeness (QED) is 0.345. The van der Waals surface area contributed by atoms with E-state index in [9.17, 15) is 14.4 Å². The maximum Gasteiger partial charge on any atom is 0.267 e. The van der Waals surface area contributed by atoms with Crippen LogP contribution in [0.25, 0.3) is 22.5 Å². The van der Waals surface area contributed by atoms with E-state index < -0.39 is 17.5 Å². The molecule has 0 aliphatic carbocycles. The number of nitrogens with zero attached hydrogens (tertiary/aromatic N) is 4. The van der Waals surface area contributed by atoms with Crippen molar-refractivity contribution in [2.75, 3.05) is 20.3 Å². The summed E-state index contributed by atoms with van der Waals surface area (Å²) in [5, 5.41) is 11.6. The van der Waals surface area contributed by atoms with Crippen molar-refractivity contribution in [3.05, 3.63) is 93.5 Å². The Morgan fingerprint density at radius 3 is 2.03 bits per heavy atom. The number of carbonyl (C=O) groups excluding carboxylic acids is 1. The molecule has 2 aromatic heterocycles. The molecule has 0 saturated heterocycles. The van der Waals surface area contributed by atoms with Gasteiger partial charge >= 0.3 is 0 Å². The third-order valence-electron chi connectivity index (χ3n) is 5.91. The number of carbonyl (C=O) groups is 1. The Bertz CT molecular complexity index is 1510. The van der Waals surface area contributed by atoms with Crippen molar-refractivity contribution in [2.45, 2.75) is 26.4 Å². The summed E-state index contributed by atoms with van der Waals surface area (Å²) >= 11 is 0. The molecule has 0 spiro atoms. The molecule has 2 aromatic carbocycles. The number of nitrogens with one attached hydrogen (secondary N) is 1. The van der Waals surface area contributed by atoms with Gasteiger partial charge < -0.3 is 14.8 Å². The fraction of sp³-hybridized carbons (Fsp3) is 0.250. The molecule has 4 rings (SSSR count). The summed E-state index contributed by atoms with van der Waals surface area (Å²) in [6.07, 6.45) is 0. The Morgan fingerprint density at radius 2 is 1.42 bits per heavy atom. The topological polar surface area (TPSA) is 117 Å². The maximum absolute atomic E-state index is 12.8. The second-order valence-corrected chi connectivity index (χ2v) is 8.43. The number of hydrogen-bond acceptors (Lipinski definition) is 7. The number of amides is 1. The predicted molar refractivity (Wildman–Crippen MR) is 143 cm³/mol. The van der Waals surface area contributed by atoms with E-state index in [2.05, 4.69) is 15.5 Å². The first-order chi connectivity index (χ1) is 18.4. The van der Waals surface area contributed by atoms with Crippen LogP contribution in [0.2, 0.25) is 0 Å². The minimum Gasteiger partial charge on any atom is -0.497 e. The zero-order valence-electron chi connectivity index (χ0n) is 21.5. The van der Waals surface area contributed by atoms with E-state index in [-0.39, 0.29) is 18.6 Å². The minimum atomic E-state index is -0.861. The Morgan fingerprint density at radius 1 is 0.842 bits per heavy atom. The van der Waals surface area contributed by atoms with Crippen molar-refractivity contribution in [3.8, 4) is 34.0 Å². The van der Waals surface area contributed by atoms with E-state index in [1.165, 1.54) is 16.8 Å². The molecule has 0 bridgehead atoms. The normalized spacial score (nSPS) is 11.6. The number of rotatable bonds is 10. The van der Waals surface area contributed by atoms with Gasteiger partial charge in [-0.15, -0.1) is 0 Å². The largest absolute Gasteiger partial charge is 0.497 e. The minimum absolute atomic E-state index is 0.149. The van der Waals surface area contributed by atoms with E-state index in [0.717, 1.165) is 21.6 Å². The molecule has 4 aromatic rings. The SMILES string of the molecule is CCOc1ccc(-c2ccc(=O)n(CCNC(=O)C(C)n3nc(-c4ccc(OC)cc4)ccc3=O)n2)cc1. The monoisotopic (exact) mass is 515 g/mol. The molecule has 0 radical (unpaired) electrons. The van der Waals surface area contributed by atoms with Crippen LogP contribution in [0, 0.1) is 0 Å². The van der Waals surface area contributed by atoms with Gasteiger partial charge in [0, 0.05) is 29.8 Å². The number of benzene rings is 2. The molecule has 10 nitrogen and oxygen atoms in total. The first kappa shape index (κ1) is 26.3. The van der Waals surface area contributed by atoms with Gasteiger partial charge in [0.25, 0.3) is 11.1 Å². The second kappa shape index (κ2) is 12.0. The van der Waals surface area contributed by atoms with Gasteiger partial charge in [0.2, 0.25) is 5.91 Å². The second-order valence-electron chi connectivity index (χ2n) is 8.43. The summed E-state index contributed by atoms with van der Waals surface area (Å²) in [5.41, 5.74) is 2.11. The van der Waals surface area contributed by atoms with Gasteiger partial charge in [-0.05, 0) is 74.5 Å². The molecule has 0 fully saturated rings. The fourth-order valence-electron chi connectivity index (χ4n) is 3.81. The highest BCUT2D eigenvalue weighted by Gasteiger charge is 2.18. The van der Waals surface area contributed by atoms with E-state index in [1.54, 1.807) is 38.3 Å². The fourth-order valence-corrected chi connectivity index (χ4v) is 3.81. The van der Waals surface area contributed by atoms with E-state index in [0.29, 0.717) is 23.7 Å². The zero-order chi connectivity index (χ0) is 27.1. The van der Waals surface area contributed by atoms with Gasteiger partial charge in [0.1, 0.15) is 17.5 Å². The Balaban J connectivity index is 1.42. The average molecular weight is 516 g/mol. The van der Waals surface area contributed by atoms with Gasteiger partial charge in [0.05, 0.1) is 31.6 Å². The highest BCUT2D eigenvalue weighted by atomic mass is 16.5. The third kappa shape index (κ3) is 6.15. The number of methoxy groups -OCH3 is 1. The summed E-state index contributed by atoms with van der Waals surface area (Å²) in [4.78, 5) is 37.6. The first-order valence-electron chi connectivity index (χ1n) is 12.2. The zero-order valence-corrected chi connectivity index (χ0v) is 21.5. The van der Waals surface area contributed by atoms with E-state index >= 15 is 0 Å². The number of hydrogen-bond donors (Lipinski definition) is 1. The lowest BCUT2D eigenvalue weighted by Crippen LogP contribution is -2.39. The lowest BCUT2D eigenvalue weighted by atomic mass is 10.1. The van der Waals surface area contributed by atoms with Crippen molar-refractivity contribution in [3.63, 3.8) is 0 Å². The van der Waals surface area contributed by atoms with Gasteiger partial charge in [-0.3, -0.25) is 14.4 Å². The summed E-state index contributed by atoms with van der Waals surface area (Å²) in [7, 11) is 1.58. The van der Waals surface area contributed by atoms with Crippen LogP contribution in [0.3, 0.4) is 0 Å². The molecule has 0 aliphatic rings. The molecule has 0 aliphatic heterocycles. The standard InChI is InChI=1S/C28H29N5O5/c1-4-38-23-11-7-20(8-12-23)24-13-15-26(34)32(30-24)18-17-29-28(36)19(2)33-27(35)16-14-25(31-33)21-5-9-22(37-3)10-6-21/h5-16,19H,4,17-18H2,1-3H3,(H,29,36). The maximum atomic E-state index is 12.8. The van der Waals surface area contributed by atoms with Gasteiger partial charge in [-0.1, -0.05) is 0 Å². The number of aromatic nitrogens is 4. The molecule has 1 unspecified atom stereocenters. The summed E-state index contributed by atoms with van der Waals surface area (Å²) in [5.74, 6) is 1.06. The molecule has 10 heteroatoms. The summed E-state index contributed by atoms with van der Waals surface area (Å²) in [6, 6.07) is 19.9. The molecule has 38 heavy (non-hydrogen) atoms. The van der Waals surface area contributed by atoms with Crippen LogP contribution >= 0.6 is 0 Å². The Labute approximate surface area is 219 Å². The van der Waals surface area contributed by atoms with Crippen LogP contribution in [0.1, 0.15) is 19.9 Å². The van der Waals surface area contributed by atoms with Crippen LogP contribution in [-0.4, -0.2) is 45.7 Å². The van der Waals surface area contributed by atoms with Crippen LogP contribution in [0.4, 0.5) is 0 Å². The molecular formula is C28H29N5O5. The highest BCUT2D eigenvalue weighted by molar-refractivity contribution is 5.79. The Kier molecular flexibility index (Phi) is 8.32. The first-order valence-corrected chi connectivity index (χ1v) is 12.2. The average Bonchev–Trinajstić information content (AvgIpc) is 2.94. The molecule has 196 valence electrons. The van der Waals surface area contributed by atoms with Crippen molar-refractivity contribution in [1.29, 1.82) is 0 Å².